The number of hydrogen-bond donors (Lipinski definition) is 0. The summed E-state index contributed by atoms with van der Waals surface area (Å²) in [4.78, 5) is 33.9. The third-order valence-electron chi connectivity index (χ3n) is 6.57. The van der Waals surface area contributed by atoms with Crippen LogP contribution in [0.25, 0.3) is 16.7 Å². The van der Waals surface area contributed by atoms with E-state index in [-0.39, 0.29) is 23.9 Å². The number of rotatable bonds is 7. The number of hydrogen-bond acceptors (Lipinski definition) is 5. The largest absolute Gasteiger partial charge is 0.334 e. The summed E-state index contributed by atoms with van der Waals surface area (Å²) < 4.78 is 3.38. The molecule has 0 radical (unpaired) electrons. The molecule has 8 heteroatoms. The van der Waals surface area contributed by atoms with E-state index in [1.54, 1.807) is 15.4 Å². The first kappa shape index (κ1) is 23.2. The summed E-state index contributed by atoms with van der Waals surface area (Å²) in [6.45, 7) is 1.02. The second kappa shape index (κ2) is 10.1. The standard InChI is InChI=1S/C29H25N5O2S/c35-26(32(18-21-10-4-1-5-11-21)19-22-12-6-2-7-13-22)16-24-20-37-29-31-27-25(28(36)33(24)29)17-30-34(27)23-14-8-3-9-15-23/h1-15,17,24H,16,18-20H2. The van der Waals surface area contributed by atoms with E-state index >= 15 is 0 Å². The van der Waals surface area contributed by atoms with E-state index < -0.39 is 0 Å². The molecule has 0 spiro atoms. The van der Waals surface area contributed by atoms with Crippen LogP contribution in [0.5, 0.6) is 0 Å². The van der Waals surface area contributed by atoms with Gasteiger partial charge in [-0.25, -0.2) is 9.67 Å². The lowest BCUT2D eigenvalue weighted by molar-refractivity contribution is -0.133. The number of fused-ring (bicyclic) bond motifs is 2. The SMILES string of the molecule is O=C(CC1CSc2nc3c(cnn3-c3ccccc3)c(=O)n21)N(Cc1ccccc1)Cc1ccccc1. The summed E-state index contributed by atoms with van der Waals surface area (Å²) in [5.41, 5.74) is 3.38. The predicted molar refractivity (Wildman–Crippen MR) is 145 cm³/mol. The maximum absolute atomic E-state index is 13.6. The number of amides is 1. The second-order valence-electron chi connectivity index (χ2n) is 9.09. The molecule has 1 aliphatic rings. The summed E-state index contributed by atoms with van der Waals surface area (Å²) in [5, 5.41) is 5.52. The first-order chi connectivity index (χ1) is 18.2. The molecule has 1 atom stereocenters. The molecule has 0 saturated heterocycles. The van der Waals surface area contributed by atoms with Crippen molar-refractivity contribution in [2.45, 2.75) is 30.7 Å². The Kier molecular flexibility index (Phi) is 6.32. The molecule has 184 valence electrons. The lowest BCUT2D eigenvalue weighted by Gasteiger charge is -2.25. The second-order valence-corrected chi connectivity index (χ2v) is 10.1. The van der Waals surface area contributed by atoms with E-state index in [1.165, 1.54) is 11.8 Å². The fraction of sp³-hybridized carbons (Fsp3) is 0.172. The number of thioether (sulfide) groups is 1. The molecule has 3 heterocycles. The molecule has 0 N–H and O–H groups in total. The van der Waals surface area contributed by atoms with E-state index in [4.69, 9.17) is 4.98 Å². The zero-order chi connectivity index (χ0) is 25.2. The van der Waals surface area contributed by atoms with Crippen molar-refractivity contribution in [2.24, 2.45) is 0 Å². The van der Waals surface area contributed by atoms with E-state index in [0.717, 1.165) is 16.8 Å². The van der Waals surface area contributed by atoms with Gasteiger partial charge >= 0.3 is 0 Å². The van der Waals surface area contributed by atoms with Gasteiger partial charge < -0.3 is 4.90 Å². The topological polar surface area (TPSA) is 73.0 Å². The highest BCUT2D eigenvalue weighted by Crippen LogP contribution is 2.34. The Morgan fingerprint density at radius 2 is 1.49 bits per heavy atom. The summed E-state index contributed by atoms with van der Waals surface area (Å²) >= 11 is 1.51. The highest BCUT2D eigenvalue weighted by Gasteiger charge is 2.31. The Morgan fingerprint density at radius 1 is 0.892 bits per heavy atom. The molecule has 0 bridgehead atoms. The minimum Gasteiger partial charge on any atom is -0.334 e. The van der Waals surface area contributed by atoms with Crippen molar-refractivity contribution in [2.75, 3.05) is 5.75 Å². The van der Waals surface area contributed by atoms with Gasteiger partial charge in [-0.2, -0.15) is 5.10 Å². The van der Waals surface area contributed by atoms with Crippen LogP contribution in [0, 0.1) is 0 Å². The molecule has 1 amide bonds. The van der Waals surface area contributed by atoms with Crippen molar-refractivity contribution in [1.29, 1.82) is 0 Å². The molecule has 3 aromatic carbocycles. The van der Waals surface area contributed by atoms with E-state index in [9.17, 15) is 9.59 Å². The molecule has 0 fully saturated rings. The quantitative estimate of drug-likeness (QED) is 0.295. The third-order valence-corrected chi connectivity index (χ3v) is 7.66. The van der Waals surface area contributed by atoms with Gasteiger partial charge in [-0.3, -0.25) is 14.2 Å². The molecule has 1 unspecified atom stereocenters. The number of nitrogens with zero attached hydrogens (tertiary/aromatic N) is 5. The minimum atomic E-state index is -0.258. The van der Waals surface area contributed by atoms with Crippen LogP contribution in [0.1, 0.15) is 23.6 Å². The lowest BCUT2D eigenvalue weighted by Crippen LogP contribution is -2.34. The minimum absolute atomic E-state index is 0.0122. The Morgan fingerprint density at radius 3 is 2.11 bits per heavy atom. The highest BCUT2D eigenvalue weighted by atomic mass is 32.2. The van der Waals surface area contributed by atoms with Crippen molar-refractivity contribution in [3.05, 3.63) is 119 Å². The Bertz CT molecular complexity index is 1560. The molecular weight excluding hydrogens is 482 g/mol. The summed E-state index contributed by atoms with van der Waals surface area (Å²) in [5.74, 6) is 0.641. The van der Waals surface area contributed by atoms with Crippen molar-refractivity contribution in [3.63, 3.8) is 0 Å². The summed E-state index contributed by atoms with van der Waals surface area (Å²) in [6, 6.07) is 29.4. The monoisotopic (exact) mass is 507 g/mol. The number of carbonyl (C=O) groups is 1. The Balaban J connectivity index is 1.29. The average molecular weight is 508 g/mol. The van der Waals surface area contributed by atoms with Gasteiger partial charge in [-0.15, -0.1) is 0 Å². The lowest BCUT2D eigenvalue weighted by atomic mass is 10.1. The fourth-order valence-electron chi connectivity index (χ4n) is 4.71. The highest BCUT2D eigenvalue weighted by molar-refractivity contribution is 7.99. The maximum atomic E-state index is 13.6. The van der Waals surface area contributed by atoms with Gasteiger partial charge in [0.15, 0.2) is 10.8 Å². The van der Waals surface area contributed by atoms with E-state index in [2.05, 4.69) is 5.10 Å². The molecule has 5 aromatic rings. The van der Waals surface area contributed by atoms with Gasteiger partial charge in [-0.05, 0) is 23.3 Å². The van der Waals surface area contributed by atoms with E-state index in [1.807, 2.05) is 95.9 Å². The van der Waals surface area contributed by atoms with Gasteiger partial charge in [0.05, 0.1) is 17.9 Å². The van der Waals surface area contributed by atoms with E-state index in [0.29, 0.717) is 35.0 Å². The average Bonchev–Trinajstić information content (AvgIpc) is 3.55. The Labute approximate surface area is 218 Å². The van der Waals surface area contributed by atoms with Gasteiger partial charge in [0.2, 0.25) is 5.91 Å². The number of carbonyl (C=O) groups excluding carboxylic acids is 1. The zero-order valence-corrected chi connectivity index (χ0v) is 20.9. The van der Waals surface area contributed by atoms with Gasteiger partial charge in [-0.1, -0.05) is 90.6 Å². The fourth-order valence-corrected chi connectivity index (χ4v) is 5.84. The summed E-state index contributed by atoms with van der Waals surface area (Å²) in [6.07, 6.45) is 1.81. The van der Waals surface area contributed by atoms with Crippen LogP contribution in [0.2, 0.25) is 0 Å². The van der Waals surface area contributed by atoms with Gasteiger partial charge in [0.25, 0.3) is 5.56 Å². The number of aromatic nitrogens is 4. The van der Waals surface area contributed by atoms with Crippen LogP contribution in [0.3, 0.4) is 0 Å². The van der Waals surface area contributed by atoms with Gasteiger partial charge in [0, 0.05) is 25.3 Å². The third kappa shape index (κ3) is 4.68. The molecule has 37 heavy (non-hydrogen) atoms. The van der Waals surface area contributed by atoms with Crippen LogP contribution in [-0.4, -0.2) is 35.9 Å². The first-order valence-electron chi connectivity index (χ1n) is 12.2. The van der Waals surface area contributed by atoms with Crippen molar-refractivity contribution < 1.29 is 4.79 Å². The van der Waals surface area contributed by atoms with Gasteiger partial charge in [0.1, 0.15) is 5.39 Å². The molecule has 0 saturated carbocycles. The van der Waals surface area contributed by atoms with Crippen LogP contribution in [0.4, 0.5) is 0 Å². The summed E-state index contributed by atoms with van der Waals surface area (Å²) in [7, 11) is 0. The smallest absolute Gasteiger partial charge is 0.265 e. The van der Waals surface area contributed by atoms with Crippen molar-refractivity contribution in [3.8, 4) is 5.69 Å². The number of para-hydroxylation sites is 1. The first-order valence-corrected chi connectivity index (χ1v) is 13.2. The molecule has 0 aliphatic carbocycles. The molecular formula is C29H25N5O2S. The van der Waals surface area contributed by atoms with Crippen LogP contribution in [0.15, 0.2) is 107 Å². The zero-order valence-electron chi connectivity index (χ0n) is 20.1. The van der Waals surface area contributed by atoms with Crippen molar-refractivity contribution >= 4 is 28.7 Å². The molecule has 2 aromatic heterocycles. The molecule has 7 nitrogen and oxygen atoms in total. The van der Waals surface area contributed by atoms with Crippen LogP contribution < -0.4 is 5.56 Å². The predicted octanol–water partition coefficient (Wildman–Crippen LogP) is 4.85. The van der Waals surface area contributed by atoms with Crippen LogP contribution >= 0.6 is 11.8 Å². The normalized spacial score (nSPS) is 14.5. The molecule has 6 rings (SSSR count). The Hall–Kier alpha value is -4.17. The van der Waals surface area contributed by atoms with Crippen LogP contribution in [-0.2, 0) is 17.9 Å². The number of benzene rings is 3. The van der Waals surface area contributed by atoms with Crippen molar-refractivity contribution in [1.82, 2.24) is 24.2 Å². The maximum Gasteiger partial charge on any atom is 0.265 e. The molecule has 1 aliphatic heterocycles.